The zero-order valence-corrected chi connectivity index (χ0v) is 20.6. The number of phenols is 1. The Bertz CT molecular complexity index is 1100. The van der Waals surface area contributed by atoms with Crippen LogP contribution in [0.2, 0.25) is 0 Å². The molecule has 1 fully saturated rings. The normalized spacial score (nSPS) is 17.6. The molecule has 2 N–H and O–H groups in total. The third-order valence-corrected chi connectivity index (χ3v) is 6.58. The number of nitrogens with zero attached hydrogens (tertiary/aromatic N) is 2. The highest BCUT2D eigenvalue weighted by Gasteiger charge is 2.46. The molecule has 7 heteroatoms. The summed E-state index contributed by atoms with van der Waals surface area (Å²) in [6, 6.07) is 9.54. The summed E-state index contributed by atoms with van der Waals surface area (Å²) in [5.41, 5.74) is 2.48. The van der Waals surface area contributed by atoms with Crippen molar-refractivity contribution in [1.29, 1.82) is 0 Å². The van der Waals surface area contributed by atoms with E-state index < -0.39 is 17.7 Å². The Labute approximate surface area is 201 Å². The summed E-state index contributed by atoms with van der Waals surface area (Å²) in [6.45, 7) is 10.8. The second-order valence-corrected chi connectivity index (χ2v) is 8.60. The van der Waals surface area contributed by atoms with Crippen molar-refractivity contribution in [3.05, 3.63) is 64.2 Å². The molecule has 0 radical (unpaired) electrons. The molecular formula is C27H34N2O5. The van der Waals surface area contributed by atoms with E-state index in [1.807, 2.05) is 19.9 Å². The summed E-state index contributed by atoms with van der Waals surface area (Å²) in [5.74, 6) is -1.35. The van der Waals surface area contributed by atoms with Gasteiger partial charge in [0.25, 0.3) is 11.7 Å². The van der Waals surface area contributed by atoms with Gasteiger partial charge in [0.05, 0.1) is 24.3 Å². The van der Waals surface area contributed by atoms with Crippen molar-refractivity contribution in [2.45, 2.75) is 40.2 Å². The van der Waals surface area contributed by atoms with Crippen LogP contribution in [0.3, 0.4) is 0 Å². The molecule has 182 valence electrons. The number of aryl methyl sites for hydroxylation is 2. The minimum absolute atomic E-state index is 0.0281. The van der Waals surface area contributed by atoms with Gasteiger partial charge in [0.1, 0.15) is 17.3 Å². The zero-order chi connectivity index (χ0) is 25.0. The van der Waals surface area contributed by atoms with E-state index >= 15 is 0 Å². The summed E-state index contributed by atoms with van der Waals surface area (Å²) in [5, 5.41) is 21.8. The minimum atomic E-state index is -0.784. The highest BCUT2D eigenvalue weighted by atomic mass is 16.5. The molecule has 1 heterocycles. The first kappa shape index (κ1) is 25.3. The lowest BCUT2D eigenvalue weighted by atomic mass is 9.93. The van der Waals surface area contributed by atoms with Gasteiger partial charge in [-0.3, -0.25) is 9.59 Å². The number of aliphatic hydroxyl groups is 1. The second-order valence-electron chi connectivity index (χ2n) is 8.60. The highest BCUT2D eigenvalue weighted by molar-refractivity contribution is 6.46. The van der Waals surface area contributed by atoms with Crippen LogP contribution < -0.4 is 4.74 Å². The summed E-state index contributed by atoms with van der Waals surface area (Å²) < 4.78 is 5.36. The Kier molecular flexibility index (Phi) is 7.99. The fourth-order valence-corrected chi connectivity index (χ4v) is 4.41. The number of carbonyl (C=O) groups is 2. The molecule has 0 bridgehead atoms. The molecule has 0 aromatic heterocycles. The van der Waals surface area contributed by atoms with Gasteiger partial charge in [-0.2, -0.15) is 0 Å². The van der Waals surface area contributed by atoms with E-state index in [1.165, 1.54) is 4.90 Å². The van der Waals surface area contributed by atoms with Gasteiger partial charge in [-0.15, -0.1) is 0 Å². The Morgan fingerprint density at radius 1 is 1.09 bits per heavy atom. The molecule has 1 unspecified atom stereocenters. The van der Waals surface area contributed by atoms with Crippen LogP contribution in [0.25, 0.3) is 5.76 Å². The van der Waals surface area contributed by atoms with Crippen LogP contribution in [0.5, 0.6) is 11.5 Å². The van der Waals surface area contributed by atoms with Crippen LogP contribution in [0, 0.1) is 13.8 Å². The topological polar surface area (TPSA) is 90.3 Å². The molecule has 3 rings (SSSR count). The van der Waals surface area contributed by atoms with E-state index in [4.69, 9.17) is 4.74 Å². The van der Waals surface area contributed by atoms with Gasteiger partial charge in [0, 0.05) is 6.54 Å². The Morgan fingerprint density at radius 2 is 1.76 bits per heavy atom. The summed E-state index contributed by atoms with van der Waals surface area (Å²) in [7, 11) is 1.55. The number of aliphatic hydroxyl groups excluding tert-OH is 1. The molecule has 1 saturated heterocycles. The van der Waals surface area contributed by atoms with E-state index in [-0.39, 0.29) is 22.6 Å². The number of ether oxygens (including phenoxy) is 1. The molecule has 1 aliphatic heterocycles. The third-order valence-electron chi connectivity index (χ3n) is 6.58. The van der Waals surface area contributed by atoms with Crippen LogP contribution in [-0.2, 0) is 9.59 Å². The van der Waals surface area contributed by atoms with Gasteiger partial charge < -0.3 is 24.7 Å². The first-order valence-corrected chi connectivity index (χ1v) is 11.7. The number of benzene rings is 2. The van der Waals surface area contributed by atoms with Gasteiger partial charge in [0.2, 0.25) is 0 Å². The Balaban J connectivity index is 2.11. The molecule has 1 aliphatic rings. The summed E-state index contributed by atoms with van der Waals surface area (Å²) >= 11 is 0. The highest BCUT2D eigenvalue weighted by Crippen LogP contribution is 2.42. The van der Waals surface area contributed by atoms with Gasteiger partial charge >= 0.3 is 0 Å². The predicted octanol–water partition coefficient (Wildman–Crippen LogP) is 4.17. The van der Waals surface area contributed by atoms with E-state index in [1.54, 1.807) is 37.4 Å². The number of amides is 1. The lowest BCUT2D eigenvalue weighted by Crippen LogP contribution is -2.33. The SMILES string of the molecule is CCN(CC)CCCN1C(=O)C(=O)/C(=C(/O)c2cc(C)c(C)cc2O)C1c1cccc(OC)c1. The molecule has 0 saturated carbocycles. The number of rotatable bonds is 9. The molecule has 1 atom stereocenters. The number of hydrogen-bond acceptors (Lipinski definition) is 6. The molecule has 2 aromatic carbocycles. The van der Waals surface area contributed by atoms with Crippen LogP contribution in [0.4, 0.5) is 0 Å². The predicted molar refractivity (Wildman–Crippen MR) is 132 cm³/mol. The zero-order valence-electron chi connectivity index (χ0n) is 20.6. The average Bonchev–Trinajstić information content (AvgIpc) is 3.08. The smallest absolute Gasteiger partial charge is 0.295 e. The first-order valence-electron chi connectivity index (χ1n) is 11.7. The molecule has 2 aromatic rings. The first-order chi connectivity index (χ1) is 16.2. The van der Waals surface area contributed by atoms with Crippen LogP contribution in [0.1, 0.15) is 48.6 Å². The maximum absolute atomic E-state index is 13.2. The Hall–Kier alpha value is -3.32. The van der Waals surface area contributed by atoms with Crippen LogP contribution in [0.15, 0.2) is 42.0 Å². The maximum Gasteiger partial charge on any atom is 0.295 e. The van der Waals surface area contributed by atoms with Gasteiger partial charge in [-0.05, 0) is 80.9 Å². The number of hydrogen-bond donors (Lipinski definition) is 2. The quantitative estimate of drug-likeness (QED) is 0.328. The minimum Gasteiger partial charge on any atom is -0.507 e. The van der Waals surface area contributed by atoms with Crippen molar-refractivity contribution in [2.24, 2.45) is 0 Å². The fraction of sp³-hybridized carbons (Fsp3) is 0.407. The third kappa shape index (κ3) is 4.94. The largest absolute Gasteiger partial charge is 0.507 e. The Morgan fingerprint density at radius 3 is 2.41 bits per heavy atom. The van der Waals surface area contributed by atoms with E-state index in [2.05, 4.69) is 18.7 Å². The number of Topliss-reactive ketones (excluding diaryl/α,β-unsaturated/α-hetero) is 1. The molecule has 0 aliphatic carbocycles. The molecule has 0 spiro atoms. The lowest BCUT2D eigenvalue weighted by Gasteiger charge is -2.27. The van der Waals surface area contributed by atoms with Crippen LogP contribution >= 0.6 is 0 Å². The van der Waals surface area contributed by atoms with Crippen molar-refractivity contribution in [3.8, 4) is 11.5 Å². The van der Waals surface area contributed by atoms with Gasteiger partial charge in [0.15, 0.2) is 0 Å². The monoisotopic (exact) mass is 466 g/mol. The van der Waals surface area contributed by atoms with Gasteiger partial charge in [-0.1, -0.05) is 26.0 Å². The number of methoxy groups -OCH3 is 1. The standard InChI is InChI=1S/C27H34N2O5/c1-6-28(7-2)12-9-13-29-24(19-10-8-11-20(16-19)34-5)23(26(32)27(29)33)25(31)21-14-17(3)18(4)15-22(21)30/h8,10-11,14-16,24,30-31H,6-7,9,12-13H2,1-5H3/b25-23+. The number of phenolic OH excluding ortho intramolecular Hbond substituents is 1. The summed E-state index contributed by atoms with van der Waals surface area (Å²) in [6.07, 6.45) is 0.685. The fourth-order valence-electron chi connectivity index (χ4n) is 4.41. The number of likely N-dealkylation sites (tertiary alicyclic amines) is 1. The number of carbonyl (C=O) groups excluding carboxylic acids is 2. The van der Waals surface area contributed by atoms with Crippen molar-refractivity contribution < 1.29 is 24.5 Å². The summed E-state index contributed by atoms with van der Waals surface area (Å²) in [4.78, 5) is 30.1. The lowest BCUT2D eigenvalue weighted by molar-refractivity contribution is -0.140. The molecule has 7 nitrogen and oxygen atoms in total. The maximum atomic E-state index is 13.2. The van der Waals surface area contributed by atoms with Crippen LogP contribution in [-0.4, -0.2) is 65.0 Å². The number of aromatic hydroxyl groups is 1. The van der Waals surface area contributed by atoms with E-state index in [9.17, 15) is 19.8 Å². The molecular weight excluding hydrogens is 432 g/mol. The van der Waals surface area contributed by atoms with Gasteiger partial charge in [-0.25, -0.2) is 0 Å². The molecule has 1 amide bonds. The van der Waals surface area contributed by atoms with Crippen molar-refractivity contribution in [2.75, 3.05) is 33.3 Å². The van der Waals surface area contributed by atoms with Crippen molar-refractivity contribution in [1.82, 2.24) is 9.80 Å². The van der Waals surface area contributed by atoms with E-state index in [0.29, 0.717) is 24.3 Å². The van der Waals surface area contributed by atoms with Crippen molar-refractivity contribution in [3.63, 3.8) is 0 Å². The number of ketones is 1. The molecule has 34 heavy (non-hydrogen) atoms. The second kappa shape index (κ2) is 10.7. The average molecular weight is 467 g/mol. The van der Waals surface area contributed by atoms with Crippen molar-refractivity contribution >= 4 is 17.4 Å². The van der Waals surface area contributed by atoms with E-state index in [0.717, 1.165) is 30.8 Å².